The van der Waals surface area contributed by atoms with Gasteiger partial charge in [-0.15, -0.1) is 0 Å². The van der Waals surface area contributed by atoms with Crippen molar-refractivity contribution in [2.24, 2.45) is 5.92 Å². The van der Waals surface area contributed by atoms with Gasteiger partial charge >= 0.3 is 6.03 Å². The molecule has 0 saturated carbocycles. The molecule has 8 nitrogen and oxygen atoms in total. The second-order valence-electron chi connectivity index (χ2n) is 7.85. The zero-order chi connectivity index (χ0) is 22.4. The quantitative estimate of drug-likeness (QED) is 0.636. The Balaban J connectivity index is 1.69. The first-order valence-electron chi connectivity index (χ1n) is 10.2. The van der Waals surface area contributed by atoms with E-state index in [2.05, 4.69) is 16.0 Å². The van der Waals surface area contributed by atoms with E-state index in [1.807, 2.05) is 38.1 Å². The van der Waals surface area contributed by atoms with Crippen molar-refractivity contribution in [3.05, 3.63) is 54.1 Å². The maximum Gasteiger partial charge on any atom is 0.323 e. The number of rotatable bonds is 7. The molecule has 3 rings (SSSR count). The number of nitrogens with zero attached hydrogens (tertiary/aromatic N) is 1. The van der Waals surface area contributed by atoms with E-state index in [4.69, 9.17) is 4.74 Å². The highest BCUT2D eigenvalue weighted by Crippen LogP contribution is 2.28. The number of fused-ring (bicyclic) bond motifs is 1. The predicted octanol–water partition coefficient (Wildman–Crippen LogP) is 2.89. The number of methoxy groups -OCH3 is 1. The van der Waals surface area contributed by atoms with Crippen LogP contribution in [0.3, 0.4) is 0 Å². The van der Waals surface area contributed by atoms with E-state index in [1.54, 1.807) is 31.4 Å². The van der Waals surface area contributed by atoms with E-state index in [-0.39, 0.29) is 24.3 Å². The maximum absolute atomic E-state index is 13.0. The van der Waals surface area contributed by atoms with Gasteiger partial charge in [0.25, 0.3) is 0 Å². The van der Waals surface area contributed by atoms with E-state index in [0.717, 1.165) is 5.56 Å². The van der Waals surface area contributed by atoms with Crippen LogP contribution < -0.4 is 25.6 Å². The van der Waals surface area contributed by atoms with Crippen LogP contribution in [0, 0.1) is 5.92 Å². The van der Waals surface area contributed by atoms with Gasteiger partial charge < -0.3 is 20.7 Å². The number of para-hydroxylation sites is 2. The van der Waals surface area contributed by atoms with Crippen LogP contribution in [-0.4, -0.2) is 37.5 Å². The maximum atomic E-state index is 13.0. The molecule has 1 aliphatic heterocycles. The Labute approximate surface area is 182 Å². The smallest absolute Gasteiger partial charge is 0.323 e. The minimum absolute atomic E-state index is 0.108. The summed E-state index contributed by atoms with van der Waals surface area (Å²) in [6.45, 7) is 4.18. The Morgan fingerprint density at radius 2 is 1.94 bits per heavy atom. The van der Waals surface area contributed by atoms with E-state index in [9.17, 15) is 14.4 Å². The van der Waals surface area contributed by atoms with E-state index < -0.39 is 12.1 Å². The van der Waals surface area contributed by atoms with Crippen molar-refractivity contribution < 1.29 is 19.1 Å². The summed E-state index contributed by atoms with van der Waals surface area (Å²) in [6.07, 6.45) is 0.470. The fraction of sp³-hybridized carbons (Fsp3) is 0.348. The first-order chi connectivity index (χ1) is 14.9. The molecule has 8 heteroatoms. The molecule has 3 N–H and O–H groups in total. The third-order valence-electron chi connectivity index (χ3n) is 4.94. The van der Waals surface area contributed by atoms with Crippen molar-refractivity contribution in [3.8, 4) is 5.75 Å². The Morgan fingerprint density at radius 3 is 2.68 bits per heavy atom. The molecule has 0 unspecified atom stereocenters. The minimum atomic E-state index is -0.727. The van der Waals surface area contributed by atoms with Crippen LogP contribution in [0.2, 0.25) is 0 Å². The molecule has 0 spiro atoms. The molecule has 2 aromatic rings. The van der Waals surface area contributed by atoms with Crippen LogP contribution in [0.1, 0.15) is 25.8 Å². The minimum Gasteiger partial charge on any atom is -0.497 e. The molecule has 2 aromatic carbocycles. The van der Waals surface area contributed by atoms with E-state index in [1.165, 1.54) is 4.90 Å². The summed E-state index contributed by atoms with van der Waals surface area (Å²) < 4.78 is 5.21. The van der Waals surface area contributed by atoms with Gasteiger partial charge in [0.2, 0.25) is 11.8 Å². The van der Waals surface area contributed by atoms with Gasteiger partial charge in [0.15, 0.2) is 0 Å². The first-order valence-corrected chi connectivity index (χ1v) is 10.2. The topological polar surface area (TPSA) is 99.8 Å². The lowest BCUT2D eigenvalue weighted by atomic mass is 10.0. The van der Waals surface area contributed by atoms with Crippen LogP contribution in [0.4, 0.5) is 16.2 Å². The third-order valence-corrected chi connectivity index (χ3v) is 4.94. The summed E-state index contributed by atoms with van der Waals surface area (Å²) in [6, 6.07) is 13.3. The molecule has 0 saturated heterocycles. The van der Waals surface area contributed by atoms with Crippen molar-refractivity contribution in [2.45, 2.75) is 32.9 Å². The summed E-state index contributed by atoms with van der Waals surface area (Å²) in [7, 11) is 1.59. The second kappa shape index (κ2) is 9.97. The van der Waals surface area contributed by atoms with E-state index in [0.29, 0.717) is 30.1 Å². The van der Waals surface area contributed by atoms with Crippen LogP contribution in [-0.2, 0) is 16.1 Å². The standard InChI is InChI=1S/C23H28N4O4/c1-15(2)11-19(22(29)24-13-16-7-6-8-17(12-16)31-3)26-23(30)27-14-21(28)25-18-9-4-5-10-20(18)27/h4-10,12,15,19H,11,13-14H2,1-3H3,(H,24,29)(H,25,28)(H,26,30)/t19-/m1/s1. The van der Waals surface area contributed by atoms with Crippen molar-refractivity contribution in [2.75, 3.05) is 23.9 Å². The highest BCUT2D eigenvalue weighted by Gasteiger charge is 2.30. The van der Waals surface area contributed by atoms with Gasteiger partial charge in [-0.25, -0.2) is 4.79 Å². The van der Waals surface area contributed by atoms with Crippen molar-refractivity contribution in [3.63, 3.8) is 0 Å². The SMILES string of the molecule is COc1cccc(CNC(=O)[C@@H](CC(C)C)NC(=O)N2CC(=O)Nc3ccccc32)c1. The fourth-order valence-corrected chi connectivity index (χ4v) is 3.44. The highest BCUT2D eigenvalue weighted by atomic mass is 16.5. The van der Waals surface area contributed by atoms with Gasteiger partial charge in [-0.05, 0) is 42.2 Å². The molecule has 1 aliphatic rings. The molecule has 1 heterocycles. The molecule has 31 heavy (non-hydrogen) atoms. The van der Waals surface area contributed by atoms with Gasteiger partial charge in [0.1, 0.15) is 18.3 Å². The average Bonchev–Trinajstić information content (AvgIpc) is 2.76. The highest BCUT2D eigenvalue weighted by molar-refractivity contribution is 6.10. The van der Waals surface area contributed by atoms with Crippen LogP contribution in [0.5, 0.6) is 5.75 Å². The fourth-order valence-electron chi connectivity index (χ4n) is 3.44. The van der Waals surface area contributed by atoms with E-state index >= 15 is 0 Å². The molecular weight excluding hydrogens is 396 g/mol. The largest absolute Gasteiger partial charge is 0.497 e. The number of amides is 4. The Bertz CT molecular complexity index is 960. The summed E-state index contributed by atoms with van der Waals surface area (Å²) >= 11 is 0. The number of hydrogen-bond donors (Lipinski definition) is 3. The van der Waals surface area contributed by atoms with Crippen LogP contribution in [0.15, 0.2) is 48.5 Å². The van der Waals surface area contributed by atoms with Crippen LogP contribution >= 0.6 is 0 Å². The van der Waals surface area contributed by atoms with Gasteiger partial charge in [-0.2, -0.15) is 0 Å². The van der Waals surface area contributed by atoms with Crippen molar-refractivity contribution in [1.82, 2.24) is 10.6 Å². The van der Waals surface area contributed by atoms with Crippen molar-refractivity contribution >= 4 is 29.2 Å². The number of urea groups is 1. The van der Waals surface area contributed by atoms with Crippen LogP contribution in [0.25, 0.3) is 0 Å². The molecule has 164 valence electrons. The molecule has 0 radical (unpaired) electrons. The van der Waals surface area contributed by atoms with Gasteiger partial charge in [-0.1, -0.05) is 38.1 Å². The predicted molar refractivity (Wildman–Crippen MR) is 119 cm³/mol. The van der Waals surface area contributed by atoms with Gasteiger partial charge in [0, 0.05) is 6.54 Å². The normalized spacial score (nSPS) is 13.8. The molecular formula is C23H28N4O4. The second-order valence-corrected chi connectivity index (χ2v) is 7.85. The molecule has 0 aromatic heterocycles. The summed E-state index contributed by atoms with van der Waals surface area (Å²) in [5.74, 6) is 0.335. The monoisotopic (exact) mass is 424 g/mol. The zero-order valence-corrected chi connectivity index (χ0v) is 18.0. The number of benzene rings is 2. The number of carbonyl (C=O) groups is 3. The summed E-state index contributed by atoms with van der Waals surface area (Å²) in [5, 5.41) is 8.44. The third kappa shape index (κ3) is 5.75. The molecule has 0 fully saturated rings. The lowest BCUT2D eigenvalue weighted by Gasteiger charge is -2.31. The molecule has 4 amide bonds. The Kier molecular flexibility index (Phi) is 7.12. The lowest BCUT2D eigenvalue weighted by molar-refractivity contribution is -0.123. The molecule has 1 atom stereocenters. The van der Waals surface area contributed by atoms with Crippen molar-refractivity contribution in [1.29, 1.82) is 0 Å². The number of carbonyl (C=O) groups excluding carboxylic acids is 3. The Morgan fingerprint density at radius 1 is 1.16 bits per heavy atom. The number of anilines is 2. The van der Waals surface area contributed by atoms with Gasteiger partial charge in [0.05, 0.1) is 18.5 Å². The number of ether oxygens (including phenoxy) is 1. The van der Waals surface area contributed by atoms with Gasteiger partial charge in [-0.3, -0.25) is 14.5 Å². The molecule has 0 aliphatic carbocycles. The summed E-state index contributed by atoms with van der Waals surface area (Å²) in [5.41, 5.74) is 2.06. The number of hydrogen-bond acceptors (Lipinski definition) is 4. The Hall–Kier alpha value is -3.55. The summed E-state index contributed by atoms with van der Waals surface area (Å²) in [4.78, 5) is 39.3. The zero-order valence-electron chi connectivity index (χ0n) is 18.0. The lowest BCUT2D eigenvalue weighted by Crippen LogP contribution is -2.54. The number of nitrogens with one attached hydrogen (secondary N) is 3. The molecule has 0 bridgehead atoms. The average molecular weight is 425 g/mol. The first kappa shape index (κ1) is 22.1.